The highest BCUT2D eigenvalue weighted by Gasteiger charge is 2.36. The van der Waals surface area contributed by atoms with Gasteiger partial charge in [-0.15, -0.1) is 11.3 Å². The predicted octanol–water partition coefficient (Wildman–Crippen LogP) is 4.86. The second-order valence-electron chi connectivity index (χ2n) is 8.42. The molecule has 150 valence electrons. The van der Waals surface area contributed by atoms with Crippen LogP contribution in [0, 0.1) is 0 Å². The van der Waals surface area contributed by atoms with Crippen LogP contribution in [0.15, 0.2) is 17.8 Å². The molecule has 0 aliphatic heterocycles. The molecule has 0 aliphatic rings. The number of carbonyl (C=O) groups excluding carboxylic acids is 2. The monoisotopic (exact) mass is 404 g/mol. The summed E-state index contributed by atoms with van der Waals surface area (Å²) in [5.41, 5.74) is 0.273. The predicted molar refractivity (Wildman–Crippen MR) is 109 cm³/mol. The lowest BCUT2D eigenvalue weighted by atomic mass is 10.2. The lowest BCUT2D eigenvalue weighted by Gasteiger charge is -2.28. The van der Waals surface area contributed by atoms with Crippen molar-refractivity contribution in [1.82, 2.24) is 14.5 Å². The summed E-state index contributed by atoms with van der Waals surface area (Å²) < 4.78 is 13.7. The molecule has 0 fully saturated rings. The number of imidazole rings is 1. The van der Waals surface area contributed by atoms with Crippen LogP contribution in [0.1, 0.15) is 41.5 Å². The standard InChI is InChI=1S/C19H24N4O4S/c1-18(2,3)26-16(24)23(17(25)27-19(4,5)6)15-12-13(22(7)10-20-12)14-11(21-15)8-9-28-14/h8-10H,1-7H3. The molecule has 0 atom stereocenters. The molecule has 0 radical (unpaired) electrons. The molecule has 0 aromatic carbocycles. The molecule has 0 unspecified atom stereocenters. The molecule has 0 spiro atoms. The van der Waals surface area contributed by atoms with Gasteiger partial charge in [-0.3, -0.25) is 0 Å². The molecule has 0 aliphatic carbocycles. The van der Waals surface area contributed by atoms with Crippen molar-refractivity contribution >= 4 is 50.6 Å². The molecule has 2 amide bonds. The zero-order valence-electron chi connectivity index (χ0n) is 17.1. The lowest BCUT2D eigenvalue weighted by molar-refractivity contribution is 0.0429. The fourth-order valence-corrected chi connectivity index (χ4v) is 3.53. The summed E-state index contributed by atoms with van der Waals surface area (Å²) in [6.07, 6.45) is -0.108. The molecule has 28 heavy (non-hydrogen) atoms. The Labute approximate surface area is 167 Å². The van der Waals surface area contributed by atoms with E-state index in [9.17, 15) is 9.59 Å². The number of hydrogen-bond acceptors (Lipinski definition) is 7. The second kappa shape index (κ2) is 6.73. The maximum atomic E-state index is 12.9. The number of aryl methyl sites for hydroxylation is 1. The fourth-order valence-electron chi connectivity index (χ4n) is 2.61. The first-order chi connectivity index (χ1) is 12.9. The SMILES string of the molecule is Cn1cnc2c(N(C(=O)OC(C)(C)C)C(=O)OC(C)(C)C)nc3ccsc3c21. The van der Waals surface area contributed by atoms with Crippen LogP contribution < -0.4 is 4.90 Å². The molecule has 0 bridgehead atoms. The van der Waals surface area contributed by atoms with E-state index in [4.69, 9.17) is 9.47 Å². The number of carbonyl (C=O) groups is 2. The van der Waals surface area contributed by atoms with Gasteiger partial charge in [0.05, 0.1) is 22.1 Å². The van der Waals surface area contributed by atoms with Crippen LogP contribution in [0.2, 0.25) is 0 Å². The van der Waals surface area contributed by atoms with E-state index < -0.39 is 23.4 Å². The van der Waals surface area contributed by atoms with Crippen molar-refractivity contribution in [1.29, 1.82) is 0 Å². The van der Waals surface area contributed by atoms with Gasteiger partial charge in [-0.1, -0.05) is 0 Å². The summed E-state index contributed by atoms with van der Waals surface area (Å²) in [7, 11) is 1.85. The van der Waals surface area contributed by atoms with E-state index in [1.807, 2.05) is 23.1 Å². The van der Waals surface area contributed by atoms with Gasteiger partial charge in [0.1, 0.15) is 16.7 Å². The Morgan fingerprint density at radius 2 is 1.64 bits per heavy atom. The molecular formula is C19H24N4O4S. The summed E-state index contributed by atoms with van der Waals surface area (Å²) in [6, 6.07) is 1.83. The molecule has 0 N–H and O–H groups in total. The van der Waals surface area contributed by atoms with Gasteiger partial charge >= 0.3 is 12.2 Å². The highest BCUT2D eigenvalue weighted by atomic mass is 32.1. The fraction of sp³-hybridized carbons (Fsp3) is 0.474. The summed E-state index contributed by atoms with van der Waals surface area (Å²) >= 11 is 1.52. The van der Waals surface area contributed by atoms with Crippen molar-refractivity contribution in [3.63, 3.8) is 0 Å². The van der Waals surface area contributed by atoms with Gasteiger partial charge < -0.3 is 14.0 Å². The smallest absolute Gasteiger partial charge is 0.425 e. The van der Waals surface area contributed by atoms with Crippen molar-refractivity contribution in [3.05, 3.63) is 17.8 Å². The minimum atomic E-state index is -0.865. The first-order valence-corrected chi connectivity index (χ1v) is 9.70. The van der Waals surface area contributed by atoms with Crippen LogP contribution in [0.25, 0.3) is 21.3 Å². The molecule has 3 aromatic rings. The average molecular weight is 404 g/mol. The topological polar surface area (TPSA) is 86.6 Å². The zero-order valence-corrected chi connectivity index (χ0v) is 17.9. The van der Waals surface area contributed by atoms with E-state index in [-0.39, 0.29) is 5.82 Å². The maximum Gasteiger partial charge on any atom is 0.425 e. The minimum Gasteiger partial charge on any atom is -0.443 e. The zero-order chi connectivity index (χ0) is 20.9. The summed E-state index contributed by atoms with van der Waals surface area (Å²) in [5.74, 6) is 0.0880. The number of nitrogens with zero attached hydrogens (tertiary/aromatic N) is 4. The number of aromatic nitrogens is 3. The number of amides is 2. The second-order valence-corrected chi connectivity index (χ2v) is 9.34. The van der Waals surface area contributed by atoms with Crippen LogP contribution in [-0.2, 0) is 16.5 Å². The van der Waals surface area contributed by atoms with Gasteiger partial charge in [-0.05, 0) is 53.0 Å². The molecule has 3 aromatic heterocycles. The molecule has 0 saturated carbocycles. The van der Waals surface area contributed by atoms with Gasteiger partial charge in [0, 0.05) is 7.05 Å². The van der Waals surface area contributed by atoms with Crippen LogP contribution >= 0.6 is 11.3 Å². The number of ether oxygens (including phenoxy) is 2. The van der Waals surface area contributed by atoms with Gasteiger partial charge in [0.15, 0.2) is 5.82 Å². The first kappa shape index (κ1) is 20.1. The number of rotatable bonds is 1. The van der Waals surface area contributed by atoms with Crippen molar-refractivity contribution in [2.45, 2.75) is 52.7 Å². The number of hydrogen-bond donors (Lipinski definition) is 0. The van der Waals surface area contributed by atoms with Gasteiger partial charge in [0.2, 0.25) is 0 Å². The Bertz CT molecular complexity index is 1030. The van der Waals surface area contributed by atoms with Gasteiger partial charge in [-0.2, -0.15) is 4.90 Å². The van der Waals surface area contributed by atoms with Crippen molar-refractivity contribution in [2.24, 2.45) is 7.05 Å². The van der Waals surface area contributed by atoms with E-state index in [1.54, 1.807) is 47.9 Å². The van der Waals surface area contributed by atoms with E-state index in [1.165, 1.54) is 11.3 Å². The highest BCUT2D eigenvalue weighted by molar-refractivity contribution is 7.18. The van der Waals surface area contributed by atoms with Crippen molar-refractivity contribution in [3.8, 4) is 0 Å². The van der Waals surface area contributed by atoms with Crippen molar-refractivity contribution < 1.29 is 19.1 Å². The van der Waals surface area contributed by atoms with E-state index in [2.05, 4.69) is 9.97 Å². The number of fused-ring (bicyclic) bond motifs is 3. The largest absolute Gasteiger partial charge is 0.443 e. The Kier molecular flexibility index (Phi) is 4.82. The summed E-state index contributed by atoms with van der Waals surface area (Å²) in [5, 5.41) is 1.90. The number of imide groups is 1. The Balaban J connectivity index is 2.21. The molecular weight excluding hydrogens is 380 g/mol. The number of anilines is 1. The summed E-state index contributed by atoms with van der Waals surface area (Å²) in [6.45, 7) is 10.4. The lowest BCUT2D eigenvalue weighted by Crippen LogP contribution is -2.44. The molecule has 3 rings (SSSR count). The van der Waals surface area contributed by atoms with Gasteiger partial charge in [-0.25, -0.2) is 19.6 Å². The average Bonchev–Trinajstić information content (AvgIpc) is 3.10. The molecule has 9 heteroatoms. The van der Waals surface area contributed by atoms with Gasteiger partial charge in [0.25, 0.3) is 0 Å². The van der Waals surface area contributed by atoms with Crippen LogP contribution in [-0.4, -0.2) is 37.9 Å². The third kappa shape index (κ3) is 3.94. The third-order valence-electron chi connectivity index (χ3n) is 3.60. The quantitative estimate of drug-likeness (QED) is 0.576. The van der Waals surface area contributed by atoms with Crippen LogP contribution in [0.4, 0.5) is 15.4 Å². The molecule has 8 nitrogen and oxygen atoms in total. The van der Waals surface area contributed by atoms with Crippen LogP contribution in [0.5, 0.6) is 0 Å². The first-order valence-electron chi connectivity index (χ1n) is 8.82. The molecule has 3 heterocycles. The highest BCUT2D eigenvalue weighted by Crippen LogP contribution is 2.34. The number of thiophene rings is 1. The van der Waals surface area contributed by atoms with E-state index in [0.29, 0.717) is 11.0 Å². The van der Waals surface area contributed by atoms with E-state index in [0.717, 1.165) is 15.1 Å². The van der Waals surface area contributed by atoms with Crippen LogP contribution in [0.3, 0.4) is 0 Å². The van der Waals surface area contributed by atoms with Crippen molar-refractivity contribution in [2.75, 3.05) is 4.90 Å². The maximum absolute atomic E-state index is 12.9. The summed E-state index contributed by atoms with van der Waals surface area (Å²) in [4.78, 5) is 35.6. The Morgan fingerprint density at radius 1 is 1.07 bits per heavy atom. The normalized spacial score (nSPS) is 12.4. The van der Waals surface area contributed by atoms with E-state index >= 15 is 0 Å². The Hall–Kier alpha value is -2.68. The molecule has 0 saturated heterocycles. The Morgan fingerprint density at radius 3 is 2.18 bits per heavy atom. The number of pyridine rings is 1. The minimum absolute atomic E-state index is 0.0880. The third-order valence-corrected chi connectivity index (χ3v) is 4.51.